The molecule has 0 radical (unpaired) electrons. The second-order valence-corrected chi connectivity index (χ2v) is 3.97. The Kier molecular flexibility index (Phi) is 3.74. The maximum absolute atomic E-state index is 8.33. The van der Waals surface area contributed by atoms with E-state index in [0.717, 1.165) is 4.90 Å². The topological polar surface area (TPSA) is 23.8 Å². The van der Waals surface area contributed by atoms with Crippen LogP contribution in [-0.4, -0.2) is 5.75 Å². The zero-order valence-electron chi connectivity index (χ0n) is 6.05. The zero-order chi connectivity index (χ0) is 8.97. The van der Waals surface area contributed by atoms with Gasteiger partial charge < -0.3 is 0 Å². The van der Waals surface area contributed by atoms with Gasteiger partial charge in [-0.05, 0) is 18.2 Å². The second-order valence-electron chi connectivity index (χ2n) is 2.05. The van der Waals surface area contributed by atoms with Crippen molar-refractivity contribution in [2.75, 3.05) is 5.75 Å². The summed E-state index contributed by atoms with van der Waals surface area (Å²) in [7, 11) is 0. The van der Waals surface area contributed by atoms with Gasteiger partial charge in [0.25, 0.3) is 0 Å². The van der Waals surface area contributed by atoms with Crippen LogP contribution in [0.2, 0.25) is 10.0 Å². The number of thioether (sulfide) groups is 1. The standard InChI is InChI=1S/C8H5Cl2NS/c9-6-3-7(10)5-8(4-6)12-2-1-11/h3-5H,2H2. The maximum Gasteiger partial charge on any atom is 0.0855 e. The molecule has 1 nitrogen and oxygen atoms in total. The fraction of sp³-hybridized carbons (Fsp3) is 0.125. The van der Waals surface area contributed by atoms with E-state index in [1.807, 2.05) is 6.07 Å². The molecule has 0 fully saturated rings. The SMILES string of the molecule is N#CCSc1cc(Cl)cc(Cl)c1. The summed E-state index contributed by atoms with van der Waals surface area (Å²) >= 11 is 12.9. The fourth-order valence-corrected chi connectivity index (χ4v) is 2.03. The van der Waals surface area contributed by atoms with Gasteiger partial charge in [-0.3, -0.25) is 0 Å². The van der Waals surface area contributed by atoms with E-state index in [-0.39, 0.29) is 0 Å². The Labute approximate surface area is 85.3 Å². The minimum absolute atomic E-state index is 0.413. The lowest BCUT2D eigenvalue weighted by molar-refractivity contribution is 1.45. The van der Waals surface area contributed by atoms with E-state index in [1.165, 1.54) is 11.8 Å². The molecule has 0 spiro atoms. The normalized spacial score (nSPS) is 9.42. The van der Waals surface area contributed by atoms with E-state index < -0.39 is 0 Å². The molecule has 0 heterocycles. The summed E-state index contributed by atoms with van der Waals surface area (Å²) < 4.78 is 0. The summed E-state index contributed by atoms with van der Waals surface area (Å²) in [6.07, 6.45) is 0. The molecule has 0 atom stereocenters. The highest BCUT2D eigenvalue weighted by molar-refractivity contribution is 7.99. The molecular weight excluding hydrogens is 213 g/mol. The third-order valence-corrected chi connectivity index (χ3v) is 2.42. The molecule has 0 amide bonds. The molecule has 1 aromatic rings. The Morgan fingerprint density at radius 3 is 2.33 bits per heavy atom. The van der Waals surface area contributed by atoms with E-state index in [2.05, 4.69) is 0 Å². The lowest BCUT2D eigenvalue weighted by atomic mass is 10.4. The van der Waals surface area contributed by atoms with Gasteiger partial charge in [0.1, 0.15) is 0 Å². The average molecular weight is 218 g/mol. The lowest BCUT2D eigenvalue weighted by Crippen LogP contribution is -1.75. The molecule has 12 heavy (non-hydrogen) atoms. The highest BCUT2D eigenvalue weighted by Gasteiger charge is 1.97. The van der Waals surface area contributed by atoms with E-state index in [9.17, 15) is 0 Å². The van der Waals surface area contributed by atoms with E-state index >= 15 is 0 Å². The second kappa shape index (κ2) is 4.61. The summed E-state index contributed by atoms with van der Waals surface area (Å²) in [4.78, 5) is 0.925. The first kappa shape index (κ1) is 9.73. The van der Waals surface area contributed by atoms with Crippen LogP contribution in [0, 0.1) is 11.3 Å². The van der Waals surface area contributed by atoms with Crippen molar-refractivity contribution >= 4 is 35.0 Å². The summed E-state index contributed by atoms with van der Waals surface area (Å²) in [6, 6.07) is 7.27. The predicted molar refractivity (Wildman–Crippen MR) is 52.8 cm³/mol. The first-order chi connectivity index (χ1) is 5.72. The molecule has 0 bridgehead atoms. The molecule has 0 saturated carbocycles. The highest BCUT2D eigenvalue weighted by Crippen LogP contribution is 2.25. The Morgan fingerprint density at radius 1 is 1.25 bits per heavy atom. The van der Waals surface area contributed by atoms with Gasteiger partial charge in [0.15, 0.2) is 0 Å². The van der Waals surface area contributed by atoms with E-state index in [1.54, 1.807) is 18.2 Å². The largest absolute Gasteiger partial charge is 0.197 e. The van der Waals surface area contributed by atoms with Crippen molar-refractivity contribution in [2.24, 2.45) is 0 Å². The van der Waals surface area contributed by atoms with Crippen LogP contribution in [0.25, 0.3) is 0 Å². The monoisotopic (exact) mass is 217 g/mol. The summed E-state index contributed by atoms with van der Waals surface area (Å²) in [5, 5.41) is 9.53. The fourth-order valence-electron chi connectivity index (χ4n) is 0.727. The number of benzene rings is 1. The van der Waals surface area contributed by atoms with Crippen molar-refractivity contribution in [3.8, 4) is 6.07 Å². The van der Waals surface area contributed by atoms with Crippen molar-refractivity contribution in [3.63, 3.8) is 0 Å². The van der Waals surface area contributed by atoms with Gasteiger partial charge >= 0.3 is 0 Å². The van der Waals surface area contributed by atoms with Crippen molar-refractivity contribution < 1.29 is 0 Å². The average Bonchev–Trinajstić information content (AvgIpc) is 1.99. The lowest BCUT2D eigenvalue weighted by Gasteiger charge is -1.98. The molecule has 0 unspecified atom stereocenters. The molecular formula is C8H5Cl2NS. The number of hydrogen-bond acceptors (Lipinski definition) is 2. The molecule has 0 aliphatic heterocycles. The Morgan fingerprint density at radius 2 is 1.83 bits per heavy atom. The van der Waals surface area contributed by atoms with E-state index in [4.69, 9.17) is 28.5 Å². The third kappa shape index (κ3) is 2.94. The van der Waals surface area contributed by atoms with Gasteiger partial charge in [-0.1, -0.05) is 23.2 Å². The quantitative estimate of drug-likeness (QED) is 0.708. The van der Waals surface area contributed by atoms with Crippen molar-refractivity contribution in [1.29, 1.82) is 5.26 Å². The molecule has 0 N–H and O–H groups in total. The van der Waals surface area contributed by atoms with Crippen LogP contribution in [0.1, 0.15) is 0 Å². The van der Waals surface area contributed by atoms with Crippen LogP contribution in [-0.2, 0) is 0 Å². The highest BCUT2D eigenvalue weighted by atomic mass is 35.5. The number of nitrogens with zero attached hydrogens (tertiary/aromatic N) is 1. The van der Waals surface area contributed by atoms with Gasteiger partial charge in [0.2, 0.25) is 0 Å². The predicted octanol–water partition coefficient (Wildman–Crippen LogP) is 3.61. The Balaban J connectivity index is 2.80. The number of halogens is 2. The van der Waals surface area contributed by atoms with Gasteiger partial charge in [-0.25, -0.2) is 0 Å². The molecule has 1 aromatic carbocycles. The molecule has 0 saturated heterocycles. The van der Waals surface area contributed by atoms with Crippen molar-refractivity contribution in [1.82, 2.24) is 0 Å². The van der Waals surface area contributed by atoms with Gasteiger partial charge in [0.05, 0.1) is 11.8 Å². The third-order valence-electron chi connectivity index (χ3n) is 1.14. The van der Waals surface area contributed by atoms with Gasteiger partial charge in [-0.2, -0.15) is 5.26 Å². The Hall–Kier alpha value is -0.360. The summed E-state index contributed by atoms with van der Waals surface area (Å²) in [5.41, 5.74) is 0. The molecule has 62 valence electrons. The smallest absolute Gasteiger partial charge is 0.0855 e. The molecule has 4 heteroatoms. The van der Waals surface area contributed by atoms with E-state index in [0.29, 0.717) is 15.8 Å². The minimum Gasteiger partial charge on any atom is -0.197 e. The van der Waals surface area contributed by atoms with Crippen LogP contribution in [0.3, 0.4) is 0 Å². The number of hydrogen-bond donors (Lipinski definition) is 0. The van der Waals surface area contributed by atoms with Gasteiger partial charge in [-0.15, -0.1) is 11.8 Å². The first-order valence-electron chi connectivity index (χ1n) is 3.18. The number of rotatable bonds is 2. The molecule has 0 aliphatic rings. The summed E-state index contributed by atoms with van der Waals surface area (Å²) in [6.45, 7) is 0. The maximum atomic E-state index is 8.33. The van der Waals surface area contributed by atoms with Crippen LogP contribution < -0.4 is 0 Å². The molecule has 0 aromatic heterocycles. The number of nitriles is 1. The summed E-state index contributed by atoms with van der Waals surface area (Å²) in [5.74, 6) is 0.413. The van der Waals surface area contributed by atoms with Crippen LogP contribution in [0.4, 0.5) is 0 Å². The van der Waals surface area contributed by atoms with Crippen LogP contribution in [0.15, 0.2) is 23.1 Å². The Bertz CT molecular complexity index is 299. The van der Waals surface area contributed by atoms with Crippen LogP contribution >= 0.6 is 35.0 Å². The minimum atomic E-state index is 0.413. The van der Waals surface area contributed by atoms with Crippen molar-refractivity contribution in [2.45, 2.75) is 4.90 Å². The van der Waals surface area contributed by atoms with Crippen LogP contribution in [0.5, 0.6) is 0 Å². The van der Waals surface area contributed by atoms with Gasteiger partial charge in [0, 0.05) is 14.9 Å². The van der Waals surface area contributed by atoms with Crippen molar-refractivity contribution in [3.05, 3.63) is 28.2 Å². The first-order valence-corrected chi connectivity index (χ1v) is 4.92. The molecule has 0 aliphatic carbocycles. The zero-order valence-corrected chi connectivity index (χ0v) is 8.38. The molecule has 1 rings (SSSR count).